The molecule has 0 heterocycles. The van der Waals surface area contributed by atoms with Crippen molar-refractivity contribution in [2.75, 3.05) is 0 Å². The van der Waals surface area contributed by atoms with Crippen molar-refractivity contribution < 1.29 is 18.5 Å². The number of hydrogen-bond donors (Lipinski definition) is 1. The van der Waals surface area contributed by atoms with Gasteiger partial charge in [0.2, 0.25) is 5.91 Å². The molecule has 2 atom stereocenters. The molecule has 6 heteroatoms. The molecule has 28 heavy (non-hydrogen) atoms. The minimum atomic E-state index is -1.78. The highest BCUT2D eigenvalue weighted by atomic mass is 32.2. The average molecular weight is 404 g/mol. The highest BCUT2D eigenvalue weighted by molar-refractivity contribution is 7.83. The first-order chi connectivity index (χ1) is 12.9. The Morgan fingerprint density at radius 1 is 1.04 bits per heavy atom. The highest BCUT2D eigenvalue weighted by Crippen LogP contribution is 2.30. The molecule has 0 aliphatic heterocycles. The molecule has 0 aliphatic carbocycles. The van der Waals surface area contributed by atoms with E-state index in [1.54, 1.807) is 39.8 Å². The predicted octanol–water partition coefficient (Wildman–Crippen LogP) is 4.37. The smallest absolute Gasteiger partial charge is 0.321 e. The summed E-state index contributed by atoms with van der Waals surface area (Å²) in [6.45, 7) is 10.7. The topological polar surface area (TPSA) is 72.5 Å². The van der Waals surface area contributed by atoms with Gasteiger partial charge in [-0.05, 0) is 62.9 Å². The number of rotatable bonds is 6. The van der Waals surface area contributed by atoms with E-state index in [-0.39, 0.29) is 5.92 Å². The third-order valence-electron chi connectivity index (χ3n) is 4.29. The molecule has 1 N–H and O–H groups in total. The summed E-state index contributed by atoms with van der Waals surface area (Å²) in [4.78, 5) is 26.2. The van der Waals surface area contributed by atoms with Crippen LogP contribution in [0.3, 0.4) is 0 Å². The molecule has 0 bridgehead atoms. The summed E-state index contributed by atoms with van der Waals surface area (Å²) in [6.07, 6.45) is 0.294. The number of benzene rings is 2. The highest BCUT2D eigenvalue weighted by Gasteiger charge is 2.45. The lowest BCUT2D eigenvalue weighted by Gasteiger charge is -2.31. The van der Waals surface area contributed by atoms with Crippen LogP contribution in [0.1, 0.15) is 48.0 Å². The lowest BCUT2D eigenvalue weighted by Crippen LogP contribution is -2.48. The normalized spacial score (nSPS) is 15.1. The van der Waals surface area contributed by atoms with E-state index in [0.29, 0.717) is 11.3 Å². The SMILES string of the molecule is CC(C)C[C@](C)(C(=O)NS(=O)c1ccc2ccccc2c1)C(=O)OC(C)(C)C. The summed E-state index contributed by atoms with van der Waals surface area (Å²) in [7, 11) is -1.78. The second-order valence-corrected chi connectivity index (χ2v) is 9.85. The Balaban J connectivity index is 2.25. The number of nitrogens with one attached hydrogen (secondary N) is 1. The Labute approximate surface area is 169 Å². The van der Waals surface area contributed by atoms with Crippen LogP contribution < -0.4 is 4.72 Å². The molecule has 2 rings (SSSR count). The van der Waals surface area contributed by atoms with E-state index in [1.165, 1.54) is 0 Å². The lowest BCUT2D eigenvalue weighted by atomic mass is 9.81. The zero-order valence-corrected chi connectivity index (χ0v) is 18.2. The molecular weight excluding hydrogens is 374 g/mol. The maximum Gasteiger partial charge on any atom is 0.321 e. The molecule has 0 saturated carbocycles. The molecule has 1 unspecified atom stereocenters. The molecule has 2 aromatic rings. The van der Waals surface area contributed by atoms with Crippen LogP contribution in [-0.4, -0.2) is 21.7 Å². The van der Waals surface area contributed by atoms with E-state index in [2.05, 4.69) is 4.72 Å². The van der Waals surface area contributed by atoms with Crippen molar-refractivity contribution in [3.05, 3.63) is 42.5 Å². The first-order valence-corrected chi connectivity index (χ1v) is 10.5. The standard InChI is InChI=1S/C22H29NO4S/c1-15(2)14-22(6,20(25)27-21(3,4)5)19(24)23-28(26)18-12-11-16-9-7-8-10-17(16)13-18/h7-13,15H,14H2,1-6H3,(H,23,24)/t22-,28?/m1/s1. The first kappa shape index (κ1) is 22.1. The van der Waals surface area contributed by atoms with E-state index in [9.17, 15) is 13.8 Å². The molecule has 0 fully saturated rings. The first-order valence-electron chi connectivity index (χ1n) is 9.37. The molecule has 0 saturated heterocycles. The van der Waals surface area contributed by atoms with Crippen LogP contribution in [0.2, 0.25) is 0 Å². The molecule has 5 nitrogen and oxygen atoms in total. The minimum Gasteiger partial charge on any atom is -0.459 e. The van der Waals surface area contributed by atoms with Crippen LogP contribution in [0.4, 0.5) is 0 Å². The number of fused-ring (bicyclic) bond motifs is 1. The Morgan fingerprint density at radius 3 is 2.21 bits per heavy atom. The Kier molecular flexibility index (Phi) is 6.65. The fourth-order valence-corrected chi connectivity index (χ4v) is 3.95. The van der Waals surface area contributed by atoms with Gasteiger partial charge in [-0.2, -0.15) is 0 Å². The van der Waals surface area contributed by atoms with Crippen molar-refractivity contribution in [2.24, 2.45) is 11.3 Å². The largest absolute Gasteiger partial charge is 0.459 e. The van der Waals surface area contributed by atoms with Gasteiger partial charge >= 0.3 is 5.97 Å². The van der Waals surface area contributed by atoms with E-state index < -0.39 is 33.9 Å². The maximum atomic E-state index is 13.0. The molecule has 152 valence electrons. The second-order valence-electron chi connectivity index (χ2n) is 8.64. The van der Waals surface area contributed by atoms with Gasteiger partial charge in [0.05, 0.1) is 4.90 Å². The summed E-state index contributed by atoms with van der Waals surface area (Å²) < 4.78 is 20.7. The van der Waals surface area contributed by atoms with Crippen LogP contribution in [0.25, 0.3) is 10.8 Å². The van der Waals surface area contributed by atoms with Crippen LogP contribution in [0.5, 0.6) is 0 Å². The van der Waals surface area contributed by atoms with Crippen LogP contribution in [0.15, 0.2) is 47.4 Å². The van der Waals surface area contributed by atoms with Gasteiger partial charge in [-0.1, -0.05) is 44.2 Å². The molecule has 2 aromatic carbocycles. The second kappa shape index (κ2) is 8.43. The molecule has 1 amide bonds. The van der Waals surface area contributed by atoms with Crippen LogP contribution in [0, 0.1) is 11.3 Å². The van der Waals surface area contributed by atoms with Gasteiger partial charge in [0, 0.05) is 0 Å². The average Bonchev–Trinajstić information content (AvgIpc) is 2.59. The molecule has 0 spiro atoms. The number of amides is 1. The van der Waals surface area contributed by atoms with Gasteiger partial charge < -0.3 is 4.74 Å². The quantitative estimate of drug-likeness (QED) is 0.574. The van der Waals surface area contributed by atoms with Gasteiger partial charge in [0.25, 0.3) is 0 Å². The number of hydrogen-bond acceptors (Lipinski definition) is 4. The van der Waals surface area contributed by atoms with Gasteiger partial charge in [-0.25, -0.2) is 4.21 Å². The molecule has 0 aromatic heterocycles. The Morgan fingerprint density at radius 2 is 1.64 bits per heavy atom. The predicted molar refractivity (Wildman–Crippen MR) is 112 cm³/mol. The zero-order chi connectivity index (χ0) is 21.1. The van der Waals surface area contributed by atoms with E-state index >= 15 is 0 Å². The molecule has 0 aliphatic rings. The third kappa shape index (κ3) is 5.41. The summed E-state index contributed by atoms with van der Waals surface area (Å²) in [5.41, 5.74) is -2.14. The number of esters is 1. The monoisotopic (exact) mass is 403 g/mol. The molecular formula is C22H29NO4S. The van der Waals surface area contributed by atoms with Gasteiger partial charge in [0.1, 0.15) is 11.0 Å². The van der Waals surface area contributed by atoms with Crippen molar-refractivity contribution >= 4 is 33.6 Å². The van der Waals surface area contributed by atoms with Crippen LogP contribution >= 0.6 is 0 Å². The van der Waals surface area contributed by atoms with E-state index in [1.807, 2.05) is 44.2 Å². The number of carbonyl (C=O) groups is 2. The Hall–Kier alpha value is -2.21. The zero-order valence-electron chi connectivity index (χ0n) is 17.4. The summed E-state index contributed by atoms with van der Waals surface area (Å²) in [5, 5.41) is 1.95. The van der Waals surface area contributed by atoms with Crippen molar-refractivity contribution in [1.82, 2.24) is 4.72 Å². The fraction of sp³-hybridized carbons (Fsp3) is 0.455. The van der Waals surface area contributed by atoms with Gasteiger partial charge in [-0.3, -0.25) is 14.3 Å². The van der Waals surface area contributed by atoms with E-state index in [4.69, 9.17) is 4.74 Å². The summed E-state index contributed by atoms with van der Waals surface area (Å²) >= 11 is 0. The van der Waals surface area contributed by atoms with Crippen molar-refractivity contribution in [1.29, 1.82) is 0 Å². The van der Waals surface area contributed by atoms with Gasteiger partial charge in [0.15, 0.2) is 11.0 Å². The van der Waals surface area contributed by atoms with Crippen molar-refractivity contribution in [3.8, 4) is 0 Å². The lowest BCUT2D eigenvalue weighted by molar-refractivity contribution is -0.170. The van der Waals surface area contributed by atoms with Crippen LogP contribution in [-0.2, 0) is 25.3 Å². The third-order valence-corrected chi connectivity index (χ3v) is 5.34. The molecule has 0 radical (unpaired) electrons. The Bertz CT molecular complexity index is 901. The fourth-order valence-electron chi connectivity index (χ4n) is 3.01. The summed E-state index contributed by atoms with van der Waals surface area (Å²) in [6, 6.07) is 13.1. The van der Waals surface area contributed by atoms with E-state index in [0.717, 1.165) is 10.8 Å². The number of carbonyl (C=O) groups excluding carboxylic acids is 2. The number of ether oxygens (including phenoxy) is 1. The van der Waals surface area contributed by atoms with Crippen molar-refractivity contribution in [3.63, 3.8) is 0 Å². The maximum absolute atomic E-state index is 13.0. The van der Waals surface area contributed by atoms with Crippen molar-refractivity contribution in [2.45, 2.75) is 58.5 Å². The summed E-state index contributed by atoms with van der Waals surface area (Å²) in [5.74, 6) is -1.12. The van der Waals surface area contributed by atoms with Gasteiger partial charge in [-0.15, -0.1) is 0 Å². The minimum absolute atomic E-state index is 0.0809.